The third-order valence-electron chi connectivity index (χ3n) is 2.49. The van der Waals surface area contributed by atoms with Gasteiger partial charge in [0, 0.05) is 0 Å². The topological polar surface area (TPSA) is 72.8 Å². The second-order valence-electron chi connectivity index (χ2n) is 3.86. The maximum atomic E-state index is 11.4. The molecule has 2 atom stereocenters. The highest BCUT2D eigenvalue weighted by atomic mass is 32.2. The van der Waals surface area contributed by atoms with Crippen molar-refractivity contribution in [2.75, 3.05) is 6.61 Å². The maximum absolute atomic E-state index is 11.4. The first kappa shape index (κ1) is 13.8. The number of rotatable bonds is 6. The van der Waals surface area contributed by atoms with Crippen molar-refractivity contribution in [1.29, 1.82) is 0 Å². The molecule has 1 saturated heterocycles. The van der Waals surface area contributed by atoms with Crippen LogP contribution in [0.1, 0.15) is 39.0 Å². The van der Waals surface area contributed by atoms with Gasteiger partial charge in [-0.2, -0.15) is 0 Å². The zero-order valence-corrected chi connectivity index (χ0v) is 10.2. The molecule has 1 fully saturated rings. The minimum absolute atomic E-state index is 0.00965. The first-order chi connectivity index (χ1) is 7.65. The molecule has 0 aromatic rings. The van der Waals surface area contributed by atoms with Crippen LogP contribution in [0.5, 0.6) is 0 Å². The van der Waals surface area contributed by atoms with E-state index in [0.29, 0.717) is 4.47 Å². The van der Waals surface area contributed by atoms with Crippen molar-refractivity contribution in [2.24, 2.45) is 0 Å². The Hall–Kier alpha value is -0.300. The van der Waals surface area contributed by atoms with Crippen LogP contribution >= 0.6 is 11.9 Å². The minimum atomic E-state index is -1.12. The van der Waals surface area contributed by atoms with Crippen LogP contribution in [0, 0.1) is 5.21 Å². The van der Waals surface area contributed by atoms with E-state index in [2.05, 4.69) is 6.92 Å². The molecule has 0 aromatic heterocycles. The van der Waals surface area contributed by atoms with Crippen LogP contribution in [-0.4, -0.2) is 33.6 Å². The Morgan fingerprint density at radius 1 is 1.56 bits per heavy atom. The first-order valence-corrected chi connectivity index (χ1v) is 6.46. The Balaban J connectivity index is 2.21. The fraction of sp³-hybridized carbons (Fsp3) is 0.900. The summed E-state index contributed by atoms with van der Waals surface area (Å²) in [6.07, 6.45) is 5.34. The Morgan fingerprint density at radius 2 is 2.31 bits per heavy atom. The van der Waals surface area contributed by atoms with Crippen LogP contribution in [0.25, 0.3) is 0 Å². The van der Waals surface area contributed by atoms with Gasteiger partial charge in [0.15, 0.2) is 0 Å². The number of hydrogen-bond acceptors (Lipinski definition) is 5. The fourth-order valence-electron chi connectivity index (χ4n) is 1.51. The second kappa shape index (κ2) is 7.11. The quantitative estimate of drug-likeness (QED) is 0.574. The number of aliphatic carboxylic acids is 1. The molecule has 2 unspecified atom stereocenters. The summed E-state index contributed by atoms with van der Waals surface area (Å²) in [7, 11) is 0. The predicted octanol–water partition coefficient (Wildman–Crippen LogP) is 2.21. The molecule has 94 valence electrons. The number of carboxylic acid groups (broad SMARTS) is 1. The summed E-state index contributed by atoms with van der Waals surface area (Å²) in [5.41, 5.74) is -0.176. The van der Waals surface area contributed by atoms with Gasteiger partial charge in [0.05, 0.1) is 6.61 Å². The van der Waals surface area contributed by atoms with Crippen LogP contribution < -0.4 is 0 Å². The van der Waals surface area contributed by atoms with Gasteiger partial charge in [-0.25, -0.2) is 0 Å². The summed E-state index contributed by atoms with van der Waals surface area (Å²) in [5, 5.41) is 20.1. The van der Waals surface area contributed by atoms with Crippen molar-refractivity contribution in [3.05, 3.63) is 5.21 Å². The van der Waals surface area contributed by atoms with Gasteiger partial charge in [-0.3, -0.25) is 4.79 Å². The molecule has 1 N–H and O–H groups in total. The number of nitrogens with zero attached hydrogens (tertiary/aromatic N) is 1. The van der Waals surface area contributed by atoms with E-state index >= 15 is 0 Å². The van der Waals surface area contributed by atoms with Crippen molar-refractivity contribution < 1.29 is 14.6 Å². The van der Waals surface area contributed by atoms with E-state index < -0.39 is 12.0 Å². The summed E-state index contributed by atoms with van der Waals surface area (Å²) >= 11 is 0.956. The summed E-state index contributed by atoms with van der Waals surface area (Å²) in [4.78, 5) is 10.6. The van der Waals surface area contributed by atoms with Gasteiger partial charge >= 0.3 is 5.97 Å². The highest BCUT2D eigenvalue weighted by Crippen LogP contribution is 2.29. The van der Waals surface area contributed by atoms with Crippen molar-refractivity contribution >= 4 is 17.9 Å². The van der Waals surface area contributed by atoms with E-state index in [1.54, 1.807) is 0 Å². The van der Waals surface area contributed by atoms with Crippen molar-refractivity contribution in [1.82, 2.24) is 4.47 Å². The van der Waals surface area contributed by atoms with Crippen LogP contribution in [0.2, 0.25) is 0 Å². The molecule has 1 aliphatic heterocycles. The zero-order chi connectivity index (χ0) is 12.0. The molecule has 0 aliphatic carbocycles. The lowest BCUT2D eigenvalue weighted by atomic mass is 10.2. The number of hydroxylamine groups is 1. The van der Waals surface area contributed by atoms with Crippen molar-refractivity contribution in [3.63, 3.8) is 0 Å². The van der Waals surface area contributed by atoms with E-state index in [-0.39, 0.29) is 12.0 Å². The lowest BCUT2D eigenvalue weighted by Crippen LogP contribution is -2.43. The molecule has 0 aromatic carbocycles. The number of carbonyl (C=O) groups is 1. The van der Waals surface area contributed by atoms with Gasteiger partial charge in [0.2, 0.25) is 0 Å². The van der Waals surface area contributed by atoms with E-state index in [1.807, 2.05) is 0 Å². The lowest BCUT2D eigenvalue weighted by Gasteiger charge is -2.40. The second-order valence-corrected chi connectivity index (χ2v) is 4.95. The fourth-order valence-corrected chi connectivity index (χ4v) is 2.46. The molecule has 6 heteroatoms. The molecule has 0 amide bonds. The van der Waals surface area contributed by atoms with E-state index in [4.69, 9.17) is 9.84 Å². The van der Waals surface area contributed by atoms with Gasteiger partial charge in [-0.05, 0) is 12.8 Å². The monoisotopic (exact) mass is 248 g/mol. The van der Waals surface area contributed by atoms with E-state index in [1.165, 1.54) is 12.8 Å². The maximum Gasteiger partial charge on any atom is 0.323 e. The zero-order valence-electron chi connectivity index (χ0n) is 9.42. The van der Waals surface area contributed by atoms with Crippen molar-refractivity contribution in [3.8, 4) is 0 Å². The van der Waals surface area contributed by atoms with Gasteiger partial charge < -0.3 is 19.5 Å². The van der Waals surface area contributed by atoms with E-state index in [0.717, 1.165) is 31.2 Å². The number of hydrogen-bond donors (Lipinski definition) is 1. The molecule has 1 rings (SSSR count). The Bertz CT molecular complexity index is 227. The molecule has 0 radical (unpaired) electrons. The molecular weight excluding hydrogens is 230 g/mol. The standard InChI is InChI=1S/C10H18NO4S/c1-2-3-4-5-6-9-15-7-8(10(12)13)11(14)16-9/h8-9H,2-7H2,1H3,(H,12,13)/q-1. The van der Waals surface area contributed by atoms with Crippen LogP contribution in [-0.2, 0) is 9.53 Å². The normalized spacial score (nSPS) is 26.9. The average Bonchev–Trinajstić information content (AvgIpc) is 2.24. The molecule has 5 nitrogen and oxygen atoms in total. The van der Waals surface area contributed by atoms with Gasteiger partial charge in [-0.1, -0.05) is 38.1 Å². The highest BCUT2D eigenvalue weighted by Gasteiger charge is 2.28. The highest BCUT2D eigenvalue weighted by molar-refractivity contribution is 7.97. The lowest BCUT2D eigenvalue weighted by molar-refractivity contribution is -0.143. The van der Waals surface area contributed by atoms with Gasteiger partial charge in [-0.15, -0.1) is 0 Å². The van der Waals surface area contributed by atoms with E-state index in [9.17, 15) is 10.0 Å². The third kappa shape index (κ3) is 4.29. The molecule has 0 bridgehead atoms. The Kier molecular flexibility index (Phi) is 6.12. The van der Waals surface area contributed by atoms with Crippen LogP contribution in [0.3, 0.4) is 0 Å². The van der Waals surface area contributed by atoms with Gasteiger partial charge in [0.25, 0.3) is 0 Å². The minimum Gasteiger partial charge on any atom is -0.775 e. The summed E-state index contributed by atoms with van der Waals surface area (Å²) in [6.45, 7) is 2.13. The molecule has 1 aliphatic rings. The predicted molar refractivity (Wildman–Crippen MR) is 62.7 cm³/mol. The average molecular weight is 248 g/mol. The van der Waals surface area contributed by atoms with Crippen molar-refractivity contribution in [2.45, 2.75) is 50.5 Å². The molecule has 0 spiro atoms. The largest absolute Gasteiger partial charge is 0.775 e. The third-order valence-corrected chi connectivity index (χ3v) is 3.56. The first-order valence-electron chi connectivity index (χ1n) is 5.62. The molecule has 16 heavy (non-hydrogen) atoms. The Labute approximate surface area is 99.9 Å². The molecule has 0 saturated carbocycles. The van der Waals surface area contributed by atoms with Crippen LogP contribution in [0.15, 0.2) is 0 Å². The Morgan fingerprint density at radius 3 is 2.88 bits per heavy atom. The summed E-state index contributed by atoms with van der Waals surface area (Å²) in [6, 6.07) is -1.06. The number of unbranched alkanes of at least 4 members (excludes halogenated alkanes) is 3. The number of carboxylic acids is 1. The smallest absolute Gasteiger partial charge is 0.323 e. The summed E-state index contributed by atoms with van der Waals surface area (Å²) in [5.74, 6) is -1.12. The number of ether oxygens (including phenoxy) is 1. The SMILES string of the molecule is CCCCCCC1OCC(C(=O)O)N([O-])S1. The summed E-state index contributed by atoms with van der Waals surface area (Å²) < 4.78 is 5.89. The molecule has 1 heterocycles. The van der Waals surface area contributed by atoms with Crippen LogP contribution in [0.4, 0.5) is 0 Å². The molecular formula is C10H18NO4S-. The van der Waals surface area contributed by atoms with Gasteiger partial charge in [0.1, 0.15) is 11.5 Å².